The van der Waals surface area contributed by atoms with Gasteiger partial charge in [0.05, 0.1) is 11.8 Å². The Kier molecular flexibility index (Phi) is 5.90. The molecule has 0 radical (unpaired) electrons. The number of ether oxygens (including phenoxy) is 1. The van der Waals surface area contributed by atoms with E-state index in [1.165, 1.54) is 12.8 Å². The molecule has 1 aliphatic carbocycles. The van der Waals surface area contributed by atoms with E-state index < -0.39 is 0 Å². The molecule has 0 bridgehead atoms. The summed E-state index contributed by atoms with van der Waals surface area (Å²) >= 11 is 0. The molecule has 0 saturated heterocycles. The predicted octanol–water partition coefficient (Wildman–Crippen LogP) is 3.33. The van der Waals surface area contributed by atoms with Crippen molar-refractivity contribution in [3.63, 3.8) is 0 Å². The first-order chi connectivity index (χ1) is 10.1. The summed E-state index contributed by atoms with van der Waals surface area (Å²) in [6.45, 7) is 4.63. The van der Waals surface area contributed by atoms with E-state index in [4.69, 9.17) is 4.74 Å². The number of hydrogen-bond acceptors (Lipinski definition) is 3. The smallest absolute Gasteiger partial charge is 0.221 e. The number of rotatable bonds is 7. The van der Waals surface area contributed by atoms with Crippen LogP contribution >= 0.6 is 0 Å². The Bertz CT molecular complexity index is 454. The first-order valence-corrected chi connectivity index (χ1v) is 7.94. The van der Waals surface area contributed by atoms with Crippen LogP contribution in [0.25, 0.3) is 0 Å². The van der Waals surface area contributed by atoms with Gasteiger partial charge >= 0.3 is 0 Å². The summed E-state index contributed by atoms with van der Waals surface area (Å²) in [4.78, 5) is 11.9. The summed E-state index contributed by atoms with van der Waals surface area (Å²) in [5.74, 6) is 0.973. The first-order valence-electron chi connectivity index (χ1n) is 7.94. The highest BCUT2D eigenvalue weighted by atomic mass is 16.5. The van der Waals surface area contributed by atoms with Gasteiger partial charge in [0.25, 0.3) is 0 Å². The summed E-state index contributed by atoms with van der Waals surface area (Å²) in [5.41, 5.74) is 0.944. The van der Waals surface area contributed by atoms with Gasteiger partial charge in [-0.25, -0.2) is 0 Å². The van der Waals surface area contributed by atoms with Crippen molar-refractivity contribution in [1.29, 1.82) is 0 Å². The molecule has 0 atom stereocenters. The molecule has 1 aromatic rings. The van der Waals surface area contributed by atoms with Gasteiger partial charge in [-0.15, -0.1) is 0 Å². The molecular weight excluding hydrogens is 264 g/mol. The number of para-hydroxylation sites is 2. The molecule has 1 amide bonds. The Morgan fingerprint density at radius 3 is 2.71 bits per heavy atom. The van der Waals surface area contributed by atoms with Crippen LogP contribution in [-0.2, 0) is 4.79 Å². The molecule has 0 aliphatic heterocycles. The summed E-state index contributed by atoms with van der Waals surface area (Å²) in [6, 6.07) is 8.24. The minimum absolute atomic E-state index is 0.136. The number of carbonyl (C=O) groups is 1. The van der Waals surface area contributed by atoms with Gasteiger partial charge in [0.15, 0.2) is 0 Å². The number of benzene rings is 1. The molecule has 0 unspecified atom stereocenters. The third-order valence-electron chi connectivity index (χ3n) is 3.64. The van der Waals surface area contributed by atoms with Gasteiger partial charge in [0, 0.05) is 19.0 Å². The van der Waals surface area contributed by atoms with Gasteiger partial charge in [-0.2, -0.15) is 0 Å². The van der Waals surface area contributed by atoms with E-state index in [1.807, 2.05) is 38.1 Å². The minimum Gasteiger partial charge on any atom is -0.489 e. The lowest BCUT2D eigenvalue weighted by atomic mass is 10.2. The Labute approximate surface area is 127 Å². The van der Waals surface area contributed by atoms with Gasteiger partial charge in [0.1, 0.15) is 5.75 Å². The number of amides is 1. The molecular formula is C17H26N2O2. The molecule has 0 heterocycles. The SMILES string of the molecule is CC(C)Oc1ccccc1NCCC(=O)NC1CCCC1. The van der Waals surface area contributed by atoms with Crippen LogP contribution in [-0.4, -0.2) is 24.6 Å². The minimum atomic E-state index is 0.136. The van der Waals surface area contributed by atoms with Crippen molar-refractivity contribution in [2.45, 2.75) is 58.1 Å². The van der Waals surface area contributed by atoms with Crippen molar-refractivity contribution in [2.75, 3.05) is 11.9 Å². The second-order valence-corrected chi connectivity index (χ2v) is 5.89. The molecule has 1 saturated carbocycles. The van der Waals surface area contributed by atoms with E-state index >= 15 is 0 Å². The highest BCUT2D eigenvalue weighted by molar-refractivity contribution is 5.77. The van der Waals surface area contributed by atoms with Crippen LogP contribution in [0.2, 0.25) is 0 Å². The Morgan fingerprint density at radius 1 is 1.29 bits per heavy atom. The summed E-state index contributed by atoms with van der Waals surface area (Å²) < 4.78 is 5.75. The number of carbonyl (C=O) groups excluding carboxylic acids is 1. The zero-order chi connectivity index (χ0) is 15.1. The quantitative estimate of drug-likeness (QED) is 0.810. The maximum Gasteiger partial charge on any atom is 0.221 e. The zero-order valence-corrected chi connectivity index (χ0v) is 13.0. The molecule has 2 N–H and O–H groups in total. The fourth-order valence-corrected chi connectivity index (χ4v) is 2.65. The molecule has 0 spiro atoms. The van der Waals surface area contributed by atoms with Crippen LogP contribution in [0.1, 0.15) is 46.0 Å². The number of anilines is 1. The molecule has 116 valence electrons. The lowest BCUT2D eigenvalue weighted by Gasteiger charge is -2.16. The molecule has 21 heavy (non-hydrogen) atoms. The van der Waals surface area contributed by atoms with Crippen molar-refractivity contribution in [3.05, 3.63) is 24.3 Å². The molecule has 1 aromatic carbocycles. The third-order valence-corrected chi connectivity index (χ3v) is 3.64. The van der Waals surface area contributed by atoms with E-state index in [0.717, 1.165) is 24.3 Å². The van der Waals surface area contributed by atoms with E-state index in [-0.39, 0.29) is 12.0 Å². The standard InChI is InChI=1S/C17H26N2O2/c1-13(2)21-16-10-6-5-9-15(16)18-12-11-17(20)19-14-7-3-4-8-14/h5-6,9-10,13-14,18H,3-4,7-8,11-12H2,1-2H3,(H,19,20). The van der Waals surface area contributed by atoms with E-state index in [2.05, 4.69) is 10.6 Å². The van der Waals surface area contributed by atoms with Crippen molar-refractivity contribution >= 4 is 11.6 Å². The monoisotopic (exact) mass is 290 g/mol. The van der Waals surface area contributed by atoms with Crippen molar-refractivity contribution < 1.29 is 9.53 Å². The van der Waals surface area contributed by atoms with Crippen molar-refractivity contribution in [3.8, 4) is 5.75 Å². The number of nitrogens with one attached hydrogen (secondary N) is 2. The summed E-state index contributed by atoms with van der Waals surface area (Å²) in [5, 5.41) is 6.39. The average molecular weight is 290 g/mol. The van der Waals surface area contributed by atoms with E-state index in [0.29, 0.717) is 19.0 Å². The Hall–Kier alpha value is -1.71. The van der Waals surface area contributed by atoms with Crippen LogP contribution in [0.5, 0.6) is 5.75 Å². The van der Waals surface area contributed by atoms with Crippen LogP contribution < -0.4 is 15.4 Å². The second-order valence-electron chi connectivity index (χ2n) is 5.89. The molecule has 1 aliphatic rings. The maximum atomic E-state index is 11.9. The van der Waals surface area contributed by atoms with Crippen molar-refractivity contribution in [1.82, 2.24) is 5.32 Å². The molecule has 1 fully saturated rings. The maximum absolute atomic E-state index is 11.9. The molecule has 4 nitrogen and oxygen atoms in total. The lowest BCUT2D eigenvalue weighted by Crippen LogP contribution is -2.33. The Balaban J connectivity index is 1.76. The van der Waals surface area contributed by atoms with Crippen LogP contribution in [0.3, 0.4) is 0 Å². The van der Waals surface area contributed by atoms with Crippen LogP contribution in [0.15, 0.2) is 24.3 Å². The molecule has 4 heteroatoms. The van der Waals surface area contributed by atoms with E-state index in [1.54, 1.807) is 0 Å². The van der Waals surface area contributed by atoms with Gasteiger partial charge in [-0.3, -0.25) is 4.79 Å². The molecule has 0 aromatic heterocycles. The fraction of sp³-hybridized carbons (Fsp3) is 0.588. The van der Waals surface area contributed by atoms with Crippen LogP contribution in [0, 0.1) is 0 Å². The van der Waals surface area contributed by atoms with Gasteiger partial charge in [-0.1, -0.05) is 25.0 Å². The average Bonchev–Trinajstić information content (AvgIpc) is 2.93. The van der Waals surface area contributed by atoms with E-state index in [9.17, 15) is 4.79 Å². The van der Waals surface area contributed by atoms with Crippen LogP contribution in [0.4, 0.5) is 5.69 Å². The zero-order valence-electron chi connectivity index (χ0n) is 13.0. The highest BCUT2D eigenvalue weighted by Gasteiger charge is 2.16. The van der Waals surface area contributed by atoms with Gasteiger partial charge in [0.2, 0.25) is 5.91 Å². The normalized spacial score (nSPS) is 15.2. The van der Waals surface area contributed by atoms with Gasteiger partial charge < -0.3 is 15.4 Å². The third kappa shape index (κ3) is 5.29. The summed E-state index contributed by atoms with van der Waals surface area (Å²) in [7, 11) is 0. The van der Waals surface area contributed by atoms with Gasteiger partial charge in [-0.05, 0) is 38.8 Å². The number of hydrogen-bond donors (Lipinski definition) is 2. The first kappa shape index (κ1) is 15.7. The Morgan fingerprint density at radius 2 is 2.00 bits per heavy atom. The summed E-state index contributed by atoms with van der Waals surface area (Å²) in [6.07, 6.45) is 5.37. The van der Waals surface area contributed by atoms with Crippen molar-refractivity contribution in [2.24, 2.45) is 0 Å². The largest absolute Gasteiger partial charge is 0.489 e. The highest BCUT2D eigenvalue weighted by Crippen LogP contribution is 2.24. The molecule has 2 rings (SSSR count). The topological polar surface area (TPSA) is 50.4 Å². The fourth-order valence-electron chi connectivity index (χ4n) is 2.65. The predicted molar refractivity (Wildman–Crippen MR) is 85.7 cm³/mol. The lowest BCUT2D eigenvalue weighted by molar-refractivity contribution is -0.121. The second kappa shape index (κ2) is 7.91.